The summed E-state index contributed by atoms with van der Waals surface area (Å²) in [6.45, 7) is 2.89. The van der Waals surface area contributed by atoms with Gasteiger partial charge in [0.05, 0.1) is 24.9 Å². The van der Waals surface area contributed by atoms with Crippen LogP contribution in [0, 0.1) is 0 Å². The average Bonchev–Trinajstić information content (AvgIpc) is 2.34. The molecule has 1 rings (SSSR count). The Labute approximate surface area is 100 Å². The highest BCUT2D eigenvalue weighted by atomic mass is 16.5. The lowest BCUT2D eigenvalue weighted by molar-refractivity contribution is -0.139. The van der Waals surface area contributed by atoms with E-state index in [2.05, 4.69) is 9.97 Å². The Morgan fingerprint density at radius 2 is 2.35 bits per heavy atom. The van der Waals surface area contributed by atoms with Gasteiger partial charge < -0.3 is 9.84 Å². The second-order valence-corrected chi connectivity index (χ2v) is 3.66. The molecule has 1 unspecified atom stereocenters. The van der Waals surface area contributed by atoms with Gasteiger partial charge in [0.2, 0.25) is 0 Å². The van der Waals surface area contributed by atoms with E-state index in [1.54, 1.807) is 30.6 Å². The van der Waals surface area contributed by atoms with E-state index in [-0.39, 0.29) is 12.6 Å². The Morgan fingerprint density at radius 3 is 2.88 bits per heavy atom. The normalized spacial score (nSPS) is 12.6. The van der Waals surface area contributed by atoms with Gasteiger partial charge >= 0.3 is 5.97 Å². The van der Waals surface area contributed by atoms with E-state index < -0.39 is 5.97 Å². The molecule has 6 heteroatoms. The molecule has 1 heterocycles. The molecule has 0 aliphatic heterocycles. The summed E-state index contributed by atoms with van der Waals surface area (Å²) < 4.78 is 4.97. The zero-order chi connectivity index (χ0) is 12.7. The number of carbonyl (C=O) groups is 1. The van der Waals surface area contributed by atoms with Crippen LogP contribution >= 0.6 is 0 Å². The molecule has 17 heavy (non-hydrogen) atoms. The lowest BCUT2D eigenvalue weighted by Crippen LogP contribution is -2.35. The lowest BCUT2D eigenvalue weighted by Gasteiger charge is -2.26. The van der Waals surface area contributed by atoms with Gasteiger partial charge in [-0.2, -0.15) is 0 Å². The molecule has 0 aliphatic carbocycles. The first kappa shape index (κ1) is 13.5. The minimum atomic E-state index is -0.864. The van der Waals surface area contributed by atoms with Crippen LogP contribution in [0.2, 0.25) is 0 Å². The monoisotopic (exact) mass is 239 g/mol. The molecule has 0 saturated carbocycles. The Hall–Kier alpha value is -1.53. The highest BCUT2D eigenvalue weighted by Crippen LogP contribution is 2.16. The van der Waals surface area contributed by atoms with Crippen molar-refractivity contribution in [2.24, 2.45) is 0 Å². The van der Waals surface area contributed by atoms with Crippen molar-refractivity contribution in [3.63, 3.8) is 0 Å². The van der Waals surface area contributed by atoms with Crippen LogP contribution in [0.25, 0.3) is 0 Å². The molecule has 0 saturated heterocycles. The summed E-state index contributed by atoms with van der Waals surface area (Å²) in [7, 11) is 1.59. The summed E-state index contributed by atoms with van der Waals surface area (Å²) in [4.78, 5) is 20.7. The summed E-state index contributed by atoms with van der Waals surface area (Å²) in [5, 5.41) is 8.86. The van der Waals surface area contributed by atoms with Gasteiger partial charge in [0, 0.05) is 32.2 Å². The Kier molecular flexibility index (Phi) is 5.51. The summed E-state index contributed by atoms with van der Waals surface area (Å²) in [5.41, 5.74) is 0.754. The van der Waals surface area contributed by atoms with Crippen LogP contribution < -0.4 is 0 Å². The van der Waals surface area contributed by atoms with Crippen molar-refractivity contribution in [3.05, 3.63) is 24.3 Å². The molecule has 0 aromatic carbocycles. The molecule has 0 amide bonds. The van der Waals surface area contributed by atoms with E-state index >= 15 is 0 Å². The van der Waals surface area contributed by atoms with Crippen molar-refractivity contribution in [1.29, 1.82) is 0 Å². The molecule has 1 aromatic rings. The first-order valence-corrected chi connectivity index (χ1v) is 5.36. The molecule has 94 valence electrons. The van der Waals surface area contributed by atoms with Crippen LogP contribution in [0.3, 0.4) is 0 Å². The predicted molar refractivity (Wildman–Crippen MR) is 61.5 cm³/mol. The number of nitrogens with zero attached hydrogens (tertiary/aromatic N) is 3. The van der Waals surface area contributed by atoms with Crippen LogP contribution in [-0.4, -0.2) is 52.7 Å². The van der Waals surface area contributed by atoms with Crippen LogP contribution in [-0.2, 0) is 9.53 Å². The van der Waals surface area contributed by atoms with Gasteiger partial charge in [0.25, 0.3) is 0 Å². The molecule has 1 N–H and O–H groups in total. The first-order chi connectivity index (χ1) is 8.15. The number of methoxy groups -OCH3 is 1. The second-order valence-electron chi connectivity index (χ2n) is 3.66. The number of carboxylic acids is 1. The van der Waals surface area contributed by atoms with Crippen LogP contribution in [0.5, 0.6) is 0 Å². The maximum Gasteiger partial charge on any atom is 0.317 e. The summed E-state index contributed by atoms with van der Waals surface area (Å²) >= 11 is 0. The van der Waals surface area contributed by atoms with Gasteiger partial charge in [-0.25, -0.2) is 0 Å². The quantitative estimate of drug-likeness (QED) is 0.749. The van der Waals surface area contributed by atoms with E-state index in [4.69, 9.17) is 9.84 Å². The smallest absolute Gasteiger partial charge is 0.317 e. The van der Waals surface area contributed by atoms with Crippen LogP contribution in [0.15, 0.2) is 18.6 Å². The van der Waals surface area contributed by atoms with E-state index in [1.807, 2.05) is 6.92 Å². The molecule has 0 spiro atoms. The Morgan fingerprint density at radius 1 is 1.59 bits per heavy atom. The van der Waals surface area contributed by atoms with Crippen molar-refractivity contribution >= 4 is 5.97 Å². The Balaban J connectivity index is 2.71. The van der Waals surface area contributed by atoms with E-state index in [0.29, 0.717) is 13.2 Å². The first-order valence-electron chi connectivity index (χ1n) is 5.36. The molecule has 1 aromatic heterocycles. The number of hydrogen-bond donors (Lipinski definition) is 1. The van der Waals surface area contributed by atoms with E-state index in [9.17, 15) is 4.79 Å². The average molecular weight is 239 g/mol. The molecular formula is C11H17N3O3. The third-order valence-corrected chi connectivity index (χ3v) is 2.48. The van der Waals surface area contributed by atoms with Crippen molar-refractivity contribution < 1.29 is 14.6 Å². The largest absolute Gasteiger partial charge is 0.480 e. The zero-order valence-corrected chi connectivity index (χ0v) is 10.0. The minimum Gasteiger partial charge on any atom is -0.480 e. The maximum absolute atomic E-state index is 10.8. The number of aromatic nitrogens is 2. The number of hydrogen-bond acceptors (Lipinski definition) is 5. The van der Waals surface area contributed by atoms with Gasteiger partial charge in [-0.05, 0) is 6.92 Å². The molecule has 0 fully saturated rings. The number of rotatable bonds is 7. The molecule has 0 radical (unpaired) electrons. The fraction of sp³-hybridized carbons (Fsp3) is 0.545. The minimum absolute atomic E-state index is 0.0406. The Bertz CT molecular complexity index is 345. The third-order valence-electron chi connectivity index (χ3n) is 2.48. The maximum atomic E-state index is 10.8. The molecular weight excluding hydrogens is 222 g/mol. The number of aliphatic carboxylic acids is 1. The van der Waals surface area contributed by atoms with Crippen LogP contribution in [0.1, 0.15) is 18.7 Å². The van der Waals surface area contributed by atoms with E-state index in [1.165, 1.54) is 0 Å². The summed E-state index contributed by atoms with van der Waals surface area (Å²) in [5.74, 6) is -0.864. The topological polar surface area (TPSA) is 75.5 Å². The summed E-state index contributed by atoms with van der Waals surface area (Å²) in [6.07, 6.45) is 4.83. The van der Waals surface area contributed by atoms with Crippen molar-refractivity contribution in [3.8, 4) is 0 Å². The van der Waals surface area contributed by atoms with Crippen molar-refractivity contribution in [1.82, 2.24) is 14.9 Å². The van der Waals surface area contributed by atoms with Gasteiger partial charge in [0.15, 0.2) is 0 Å². The number of ether oxygens (including phenoxy) is 1. The highest BCUT2D eigenvalue weighted by Gasteiger charge is 2.19. The predicted octanol–water partition coefficient (Wildman–Crippen LogP) is 0.571. The van der Waals surface area contributed by atoms with Crippen LogP contribution in [0.4, 0.5) is 0 Å². The summed E-state index contributed by atoms with van der Waals surface area (Å²) in [6, 6.07) is -0.102. The van der Waals surface area contributed by atoms with Crippen molar-refractivity contribution in [2.75, 3.05) is 26.8 Å². The second kappa shape index (κ2) is 6.93. The molecule has 0 bridgehead atoms. The van der Waals surface area contributed by atoms with Gasteiger partial charge in [-0.3, -0.25) is 19.7 Å². The van der Waals surface area contributed by atoms with Gasteiger partial charge in [-0.15, -0.1) is 0 Å². The number of carboxylic acid groups (broad SMARTS) is 1. The van der Waals surface area contributed by atoms with Gasteiger partial charge in [0.1, 0.15) is 0 Å². The van der Waals surface area contributed by atoms with Crippen molar-refractivity contribution in [2.45, 2.75) is 13.0 Å². The SMILES string of the molecule is COCCN(CC(=O)O)C(C)c1cnccn1. The molecule has 6 nitrogen and oxygen atoms in total. The van der Waals surface area contributed by atoms with E-state index in [0.717, 1.165) is 5.69 Å². The fourth-order valence-electron chi connectivity index (χ4n) is 1.51. The highest BCUT2D eigenvalue weighted by molar-refractivity contribution is 5.69. The lowest BCUT2D eigenvalue weighted by atomic mass is 10.2. The zero-order valence-electron chi connectivity index (χ0n) is 10.0. The molecule has 1 atom stereocenters. The van der Waals surface area contributed by atoms with Gasteiger partial charge in [-0.1, -0.05) is 0 Å². The third kappa shape index (κ3) is 4.46. The fourth-order valence-corrected chi connectivity index (χ4v) is 1.51. The standard InChI is InChI=1S/C11H17N3O3/c1-9(10-7-12-3-4-13-10)14(5-6-17-2)8-11(15)16/h3-4,7,9H,5-6,8H2,1-2H3,(H,15,16). The molecule has 0 aliphatic rings.